The molecule has 2 amide bonds. The molecule has 5 heteroatoms. The summed E-state index contributed by atoms with van der Waals surface area (Å²) in [6, 6.07) is 0. The van der Waals surface area contributed by atoms with Crippen molar-refractivity contribution in [1.29, 1.82) is 0 Å². The molecule has 1 aliphatic heterocycles. The van der Waals surface area contributed by atoms with E-state index in [0.29, 0.717) is 13.0 Å². The van der Waals surface area contributed by atoms with E-state index in [1.54, 1.807) is 0 Å². The average molecular weight is 270 g/mol. The standard InChI is InChI=1S/C14H26N2O3/c1-14(2,3)19-13(18)15-9-8-12(17)16-10-6-4-5-7-11-16/h4-11H2,1-3H3,(H,15,18). The number of carbonyl (C=O) groups excluding carboxylic acids is 2. The van der Waals surface area contributed by atoms with Gasteiger partial charge in [0.05, 0.1) is 0 Å². The van der Waals surface area contributed by atoms with Crippen molar-refractivity contribution in [2.45, 2.75) is 58.5 Å². The maximum Gasteiger partial charge on any atom is 0.407 e. The lowest BCUT2D eigenvalue weighted by Crippen LogP contribution is -2.37. The number of hydrogen-bond donors (Lipinski definition) is 1. The zero-order valence-corrected chi connectivity index (χ0v) is 12.3. The fourth-order valence-corrected chi connectivity index (χ4v) is 2.06. The number of nitrogens with one attached hydrogen (secondary N) is 1. The third kappa shape index (κ3) is 7.03. The molecular weight excluding hydrogens is 244 g/mol. The Morgan fingerprint density at radius 3 is 2.21 bits per heavy atom. The molecular formula is C14H26N2O3. The van der Waals surface area contributed by atoms with Crippen LogP contribution in [-0.2, 0) is 9.53 Å². The summed E-state index contributed by atoms with van der Waals surface area (Å²) in [7, 11) is 0. The van der Waals surface area contributed by atoms with Gasteiger partial charge in [0.25, 0.3) is 0 Å². The quantitative estimate of drug-likeness (QED) is 0.856. The van der Waals surface area contributed by atoms with Crippen LogP contribution in [0.2, 0.25) is 0 Å². The smallest absolute Gasteiger partial charge is 0.407 e. The van der Waals surface area contributed by atoms with Crippen LogP contribution < -0.4 is 5.32 Å². The van der Waals surface area contributed by atoms with E-state index in [0.717, 1.165) is 25.9 Å². The number of alkyl carbamates (subject to hydrolysis) is 1. The van der Waals surface area contributed by atoms with Crippen LogP contribution in [0.1, 0.15) is 52.9 Å². The second-order valence-corrected chi connectivity index (χ2v) is 5.97. The lowest BCUT2D eigenvalue weighted by molar-refractivity contribution is -0.131. The van der Waals surface area contributed by atoms with Gasteiger partial charge in [0.15, 0.2) is 0 Å². The molecule has 0 aliphatic carbocycles. The van der Waals surface area contributed by atoms with Crippen molar-refractivity contribution in [3.8, 4) is 0 Å². The van der Waals surface area contributed by atoms with Crippen LogP contribution >= 0.6 is 0 Å². The topological polar surface area (TPSA) is 58.6 Å². The zero-order chi connectivity index (χ0) is 14.3. The number of rotatable bonds is 3. The predicted molar refractivity (Wildman–Crippen MR) is 73.9 cm³/mol. The van der Waals surface area contributed by atoms with Crippen molar-refractivity contribution in [2.24, 2.45) is 0 Å². The van der Waals surface area contributed by atoms with Crippen molar-refractivity contribution in [3.05, 3.63) is 0 Å². The summed E-state index contributed by atoms with van der Waals surface area (Å²) in [6.45, 7) is 7.49. The van der Waals surface area contributed by atoms with Gasteiger partial charge in [-0.2, -0.15) is 0 Å². The normalized spacial score (nSPS) is 16.7. The number of ether oxygens (including phenoxy) is 1. The van der Waals surface area contributed by atoms with Crippen LogP contribution in [-0.4, -0.2) is 42.1 Å². The maximum atomic E-state index is 12.0. The first-order chi connectivity index (χ1) is 8.88. The minimum atomic E-state index is -0.501. The van der Waals surface area contributed by atoms with Gasteiger partial charge < -0.3 is 15.0 Å². The SMILES string of the molecule is CC(C)(C)OC(=O)NCCC(=O)N1CCCCCC1. The second kappa shape index (κ2) is 7.36. The molecule has 1 saturated heterocycles. The molecule has 1 N–H and O–H groups in total. The van der Waals surface area contributed by atoms with E-state index in [1.165, 1.54) is 12.8 Å². The van der Waals surface area contributed by atoms with Gasteiger partial charge >= 0.3 is 6.09 Å². The van der Waals surface area contributed by atoms with E-state index >= 15 is 0 Å². The van der Waals surface area contributed by atoms with Crippen molar-refractivity contribution in [2.75, 3.05) is 19.6 Å². The summed E-state index contributed by atoms with van der Waals surface area (Å²) in [5, 5.41) is 2.62. The van der Waals surface area contributed by atoms with E-state index in [2.05, 4.69) is 5.32 Å². The highest BCUT2D eigenvalue weighted by molar-refractivity contribution is 5.77. The van der Waals surface area contributed by atoms with Crippen molar-refractivity contribution >= 4 is 12.0 Å². The molecule has 1 fully saturated rings. The molecule has 0 aromatic rings. The van der Waals surface area contributed by atoms with Crippen LogP contribution in [0.15, 0.2) is 0 Å². The number of likely N-dealkylation sites (tertiary alicyclic amines) is 1. The Morgan fingerprint density at radius 2 is 1.68 bits per heavy atom. The highest BCUT2D eigenvalue weighted by Crippen LogP contribution is 2.10. The fraction of sp³-hybridized carbons (Fsp3) is 0.857. The Morgan fingerprint density at radius 1 is 1.11 bits per heavy atom. The van der Waals surface area contributed by atoms with Gasteiger partial charge in [-0.25, -0.2) is 4.79 Å². The minimum Gasteiger partial charge on any atom is -0.444 e. The minimum absolute atomic E-state index is 0.123. The van der Waals surface area contributed by atoms with E-state index in [9.17, 15) is 9.59 Å². The first-order valence-corrected chi connectivity index (χ1v) is 7.13. The number of carbonyl (C=O) groups is 2. The molecule has 1 rings (SSSR count). The van der Waals surface area contributed by atoms with Crippen molar-refractivity contribution in [1.82, 2.24) is 10.2 Å². The van der Waals surface area contributed by atoms with Crippen molar-refractivity contribution in [3.63, 3.8) is 0 Å². The number of amides is 2. The molecule has 5 nitrogen and oxygen atoms in total. The highest BCUT2D eigenvalue weighted by atomic mass is 16.6. The van der Waals surface area contributed by atoms with Crippen molar-refractivity contribution < 1.29 is 14.3 Å². The Bertz CT molecular complexity index is 302. The average Bonchev–Trinajstić information content (AvgIpc) is 2.54. The summed E-state index contributed by atoms with van der Waals surface area (Å²) in [4.78, 5) is 25.3. The lowest BCUT2D eigenvalue weighted by Gasteiger charge is -2.21. The Labute approximate surface area is 115 Å². The summed E-state index contributed by atoms with van der Waals surface area (Å²) in [6.07, 6.45) is 4.48. The van der Waals surface area contributed by atoms with Gasteiger partial charge in [-0.05, 0) is 33.6 Å². The molecule has 0 aromatic carbocycles. The summed E-state index contributed by atoms with van der Waals surface area (Å²) < 4.78 is 5.11. The summed E-state index contributed by atoms with van der Waals surface area (Å²) >= 11 is 0. The predicted octanol–water partition coefficient (Wildman–Crippen LogP) is 2.30. The zero-order valence-electron chi connectivity index (χ0n) is 12.3. The molecule has 19 heavy (non-hydrogen) atoms. The molecule has 0 atom stereocenters. The molecule has 1 heterocycles. The number of hydrogen-bond acceptors (Lipinski definition) is 3. The largest absolute Gasteiger partial charge is 0.444 e. The summed E-state index contributed by atoms with van der Waals surface area (Å²) in [5.74, 6) is 0.123. The van der Waals surface area contributed by atoms with Gasteiger partial charge in [0, 0.05) is 26.1 Å². The van der Waals surface area contributed by atoms with Gasteiger partial charge in [-0.15, -0.1) is 0 Å². The fourth-order valence-electron chi connectivity index (χ4n) is 2.06. The molecule has 0 radical (unpaired) electrons. The highest BCUT2D eigenvalue weighted by Gasteiger charge is 2.18. The van der Waals surface area contributed by atoms with E-state index in [1.807, 2.05) is 25.7 Å². The first-order valence-electron chi connectivity index (χ1n) is 7.13. The van der Waals surface area contributed by atoms with E-state index in [-0.39, 0.29) is 5.91 Å². The molecule has 0 spiro atoms. The third-order valence-corrected chi connectivity index (χ3v) is 2.97. The molecule has 1 aliphatic rings. The number of nitrogens with zero attached hydrogens (tertiary/aromatic N) is 1. The lowest BCUT2D eigenvalue weighted by atomic mass is 10.2. The van der Waals surface area contributed by atoms with Crippen LogP contribution in [0.3, 0.4) is 0 Å². The molecule has 0 unspecified atom stereocenters. The monoisotopic (exact) mass is 270 g/mol. The van der Waals surface area contributed by atoms with E-state index in [4.69, 9.17) is 4.74 Å². The summed E-state index contributed by atoms with van der Waals surface area (Å²) in [5.41, 5.74) is -0.501. The van der Waals surface area contributed by atoms with Gasteiger partial charge in [0.1, 0.15) is 5.60 Å². The molecule has 0 bridgehead atoms. The van der Waals surface area contributed by atoms with Crippen LogP contribution in [0.4, 0.5) is 4.79 Å². The van der Waals surface area contributed by atoms with Crippen LogP contribution in [0.5, 0.6) is 0 Å². The van der Waals surface area contributed by atoms with Crippen LogP contribution in [0, 0.1) is 0 Å². The molecule has 0 saturated carbocycles. The maximum absolute atomic E-state index is 12.0. The van der Waals surface area contributed by atoms with E-state index < -0.39 is 11.7 Å². The van der Waals surface area contributed by atoms with Crippen LogP contribution in [0.25, 0.3) is 0 Å². The van der Waals surface area contributed by atoms with Gasteiger partial charge in [-0.1, -0.05) is 12.8 Å². The Kier molecular flexibility index (Phi) is 6.12. The Hall–Kier alpha value is -1.26. The van der Waals surface area contributed by atoms with Gasteiger partial charge in [-0.3, -0.25) is 4.79 Å². The van der Waals surface area contributed by atoms with Gasteiger partial charge in [0.2, 0.25) is 5.91 Å². The Balaban J connectivity index is 2.21. The second-order valence-electron chi connectivity index (χ2n) is 5.97. The third-order valence-electron chi connectivity index (χ3n) is 2.97. The molecule has 0 aromatic heterocycles. The first kappa shape index (κ1) is 15.8. The molecule has 110 valence electrons.